The minimum absolute atomic E-state index is 0.0919. The first kappa shape index (κ1) is 19.4. The number of nitrogens with one attached hydrogen (secondary N) is 1. The number of aryl methyl sites for hydroxylation is 1. The van der Waals surface area contributed by atoms with Crippen molar-refractivity contribution in [2.24, 2.45) is 0 Å². The lowest BCUT2D eigenvalue weighted by molar-refractivity contribution is 0.102. The summed E-state index contributed by atoms with van der Waals surface area (Å²) in [5.74, 6) is 0.148. The van der Waals surface area contributed by atoms with Crippen LogP contribution >= 0.6 is 0 Å². The Morgan fingerprint density at radius 2 is 1.96 bits per heavy atom. The molecular weight excluding hydrogens is 361 g/mol. The third-order valence-electron chi connectivity index (χ3n) is 4.29. The highest BCUT2D eigenvalue weighted by molar-refractivity contribution is 6.03. The monoisotopic (exact) mass is 383 g/mol. The van der Waals surface area contributed by atoms with Crippen molar-refractivity contribution in [3.05, 3.63) is 71.3 Å². The maximum Gasteiger partial charge on any atom is 0.276 e. The van der Waals surface area contributed by atoms with Crippen LogP contribution in [0.3, 0.4) is 0 Å². The van der Waals surface area contributed by atoms with E-state index in [2.05, 4.69) is 10.4 Å². The normalized spacial score (nSPS) is 10.9. The summed E-state index contributed by atoms with van der Waals surface area (Å²) in [6.07, 6.45) is 1.63. The Morgan fingerprint density at radius 1 is 1.25 bits per heavy atom. The molecule has 0 aliphatic rings. The molecule has 1 amide bonds. The van der Waals surface area contributed by atoms with E-state index in [-0.39, 0.29) is 35.8 Å². The summed E-state index contributed by atoms with van der Waals surface area (Å²) in [7, 11) is 0. The third-order valence-corrected chi connectivity index (χ3v) is 4.29. The van der Waals surface area contributed by atoms with Crippen molar-refractivity contribution in [2.45, 2.75) is 33.4 Å². The molecule has 6 nitrogen and oxygen atoms in total. The topological polar surface area (TPSA) is 76.4 Å². The zero-order valence-electron chi connectivity index (χ0n) is 15.9. The molecule has 3 aromatic rings. The Labute approximate surface area is 162 Å². The molecule has 2 aromatic carbocycles. The van der Waals surface area contributed by atoms with Crippen LogP contribution in [0.5, 0.6) is 11.5 Å². The number of aromatic nitrogens is 2. The van der Waals surface area contributed by atoms with Crippen LogP contribution in [0.1, 0.15) is 41.4 Å². The average molecular weight is 383 g/mol. The second kappa shape index (κ2) is 8.12. The molecule has 0 aliphatic heterocycles. The van der Waals surface area contributed by atoms with Crippen LogP contribution < -0.4 is 10.1 Å². The number of hydrogen-bond acceptors (Lipinski definition) is 4. The lowest BCUT2D eigenvalue weighted by atomic mass is 9.99. The molecule has 0 bridgehead atoms. The molecule has 0 saturated heterocycles. The SMILES string of the molecule is Cc1cc(O)c(C(C)C)cc1NC(=O)c1ccn(COc2ccc(F)cc2)n1. The number of carbonyl (C=O) groups excluding carboxylic acids is 1. The molecule has 28 heavy (non-hydrogen) atoms. The highest BCUT2D eigenvalue weighted by Crippen LogP contribution is 2.31. The van der Waals surface area contributed by atoms with Gasteiger partial charge in [0.2, 0.25) is 0 Å². The number of anilines is 1. The van der Waals surface area contributed by atoms with Crippen molar-refractivity contribution in [1.29, 1.82) is 0 Å². The van der Waals surface area contributed by atoms with Crippen molar-refractivity contribution in [3.63, 3.8) is 0 Å². The van der Waals surface area contributed by atoms with Crippen molar-refractivity contribution in [2.75, 3.05) is 5.32 Å². The first-order chi connectivity index (χ1) is 13.3. The van der Waals surface area contributed by atoms with Gasteiger partial charge in [0, 0.05) is 11.9 Å². The summed E-state index contributed by atoms with van der Waals surface area (Å²) in [6, 6.07) is 10.7. The molecule has 2 N–H and O–H groups in total. The highest BCUT2D eigenvalue weighted by atomic mass is 19.1. The van der Waals surface area contributed by atoms with Crippen LogP contribution in [-0.2, 0) is 6.73 Å². The van der Waals surface area contributed by atoms with Crippen LogP contribution in [-0.4, -0.2) is 20.8 Å². The molecule has 1 aromatic heterocycles. The minimum Gasteiger partial charge on any atom is -0.508 e. The lowest BCUT2D eigenvalue weighted by Gasteiger charge is -2.14. The zero-order valence-corrected chi connectivity index (χ0v) is 15.9. The van der Waals surface area contributed by atoms with E-state index in [0.29, 0.717) is 11.4 Å². The van der Waals surface area contributed by atoms with Crippen LogP contribution in [0, 0.1) is 12.7 Å². The summed E-state index contributed by atoms with van der Waals surface area (Å²) >= 11 is 0. The predicted molar refractivity (Wildman–Crippen MR) is 104 cm³/mol. The summed E-state index contributed by atoms with van der Waals surface area (Å²) in [5, 5.41) is 17.1. The van der Waals surface area contributed by atoms with Gasteiger partial charge in [-0.3, -0.25) is 4.79 Å². The molecule has 0 saturated carbocycles. The molecule has 146 valence electrons. The van der Waals surface area contributed by atoms with Gasteiger partial charge in [-0.25, -0.2) is 9.07 Å². The third kappa shape index (κ3) is 4.49. The number of aromatic hydroxyl groups is 1. The van der Waals surface area contributed by atoms with E-state index in [1.54, 1.807) is 24.4 Å². The maximum absolute atomic E-state index is 12.9. The first-order valence-corrected chi connectivity index (χ1v) is 8.90. The standard InChI is InChI=1S/C21H22FN3O3/c1-13(2)17-11-19(14(3)10-20(17)26)23-21(27)18-8-9-25(24-18)12-28-16-6-4-15(22)5-7-16/h4-11,13,26H,12H2,1-3H3,(H,23,27). The second-order valence-electron chi connectivity index (χ2n) is 6.80. The Bertz CT molecular complexity index is 981. The number of phenols is 1. The highest BCUT2D eigenvalue weighted by Gasteiger charge is 2.14. The molecule has 0 atom stereocenters. The van der Waals surface area contributed by atoms with E-state index in [1.807, 2.05) is 20.8 Å². The molecular formula is C21H22FN3O3. The van der Waals surface area contributed by atoms with Crippen molar-refractivity contribution < 1.29 is 19.0 Å². The summed E-state index contributed by atoms with van der Waals surface area (Å²) < 4.78 is 19.9. The number of benzene rings is 2. The van der Waals surface area contributed by atoms with Gasteiger partial charge in [0.1, 0.15) is 17.3 Å². The number of nitrogens with zero attached hydrogens (tertiary/aromatic N) is 2. The average Bonchev–Trinajstić information content (AvgIpc) is 3.12. The van der Waals surface area contributed by atoms with Gasteiger partial charge in [-0.1, -0.05) is 13.8 Å². The molecule has 0 aliphatic carbocycles. The van der Waals surface area contributed by atoms with E-state index in [9.17, 15) is 14.3 Å². The quantitative estimate of drug-likeness (QED) is 0.617. The largest absolute Gasteiger partial charge is 0.508 e. The minimum atomic E-state index is -0.357. The smallest absolute Gasteiger partial charge is 0.276 e. The van der Waals surface area contributed by atoms with Gasteiger partial charge in [0.05, 0.1) is 0 Å². The molecule has 0 spiro atoms. The molecule has 0 unspecified atom stereocenters. The van der Waals surface area contributed by atoms with Gasteiger partial charge in [-0.2, -0.15) is 5.10 Å². The van der Waals surface area contributed by atoms with E-state index < -0.39 is 0 Å². The lowest BCUT2D eigenvalue weighted by Crippen LogP contribution is -2.15. The van der Waals surface area contributed by atoms with Gasteiger partial charge >= 0.3 is 0 Å². The summed E-state index contributed by atoms with van der Waals surface area (Å²) in [5.41, 5.74) is 2.39. The Kier molecular flexibility index (Phi) is 5.63. The van der Waals surface area contributed by atoms with Crippen LogP contribution in [0.2, 0.25) is 0 Å². The molecule has 0 fully saturated rings. The van der Waals surface area contributed by atoms with Gasteiger partial charge in [0.15, 0.2) is 12.4 Å². The van der Waals surface area contributed by atoms with Gasteiger partial charge in [-0.15, -0.1) is 0 Å². The fourth-order valence-electron chi connectivity index (χ4n) is 2.72. The number of hydrogen-bond donors (Lipinski definition) is 2. The molecule has 1 heterocycles. The number of ether oxygens (including phenoxy) is 1. The number of carbonyl (C=O) groups is 1. The number of phenolic OH excluding ortho intramolecular Hbond substituents is 1. The summed E-state index contributed by atoms with van der Waals surface area (Å²) in [6.45, 7) is 5.85. The molecule has 3 rings (SSSR count). The van der Waals surface area contributed by atoms with Crippen LogP contribution in [0.25, 0.3) is 0 Å². The van der Waals surface area contributed by atoms with E-state index in [4.69, 9.17) is 4.74 Å². The van der Waals surface area contributed by atoms with E-state index in [0.717, 1.165) is 11.1 Å². The van der Waals surface area contributed by atoms with Crippen LogP contribution in [0.4, 0.5) is 10.1 Å². The number of amides is 1. The van der Waals surface area contributed by atoms with Crippen molar-refractivity contribution in [3.8, 4) is 11.5 Å². The van der Waals surface area contributed by atoms with Crippen LogP contribution in [0.15, 0.2) is 48.7 Å². The predicted octanol–water partition coefficient (Wildman–Crippen LogP) is 4.45. The van der Waals surface area contributed by atoms with E-state index >= 15 is 0 Å². The van der Waals surface area contributed by atoms with Gasteiger partial charge in [-0.05, 0) is 66.4 Å². The maximum atomic E-state index is 12.9. The van der Waals surface area contributed by atoms with Crippen molar-refractivity contribution >= 4 is 11.6 Å². The Balaban J connectivity index is 1.67. The zero-order chi connectivity index (χ0) is 20.3. The number of halogens is 1. The van der Waals surface area contributed by atoms with Gasteiger partial charge < -0.3 is 15.2 Å². The fraction of sp³-hybridized carbons (Fsp3) is 0.238. The Hall–Kier alpha value is -3.35. The Morgan fingerprint density at radius 3 is 2.64 bits per heavy atom. The molecule has 7 heteroatoms. The summed E-state index contributed by atoms with van der Waals surface area (Å²) in [4.78, 5) is 12.5. The number of rotatable bonds is 6. The van der Waals surface area contributed by atoms with Gasteiger partial charge in [0.25, 0.3) is 5.91 Å². The fourth-order valence-corrected chi connectivity index (χ4v) is 2.72. The first-order valence-electron chi connectivity index (χ1n) is 8.90. The molecule has 0 radical (unpaired) electrons. The van der Waals surface area contributed by atoms with E-state index in [1.165, 1.54) is 28.9 Å². The second-order valence-corrected chi connectivity index (χ2v) is 6.80. The van der Waals surface area contributed by atoms with Crippen molar-refractivity contribution in [1.82, 2.24) is 9.78 Å².